The van der Waals surface area contributed by atoms with Crippen molar-refractivity contribution in [3.63, 3.8) is 0 Å². The largest absolute Gasteiger partial charge is 0.352 e. The van der Waals surface area contributed by atoms with E-state index in [1.54, 1.807) is 11.3 Å². The van der Waals surface area contributed by atoms with Crippen LogP contribution in [0, 0.1) is 5.92 Å². The molecule has 0 spiro atoms. The molecule has 6 heteroatoms. The van der Waals surface area contributed by atoms with E-state index in [0.717, 1.165) is 63.4 Å². The monoisotopic (exact) mass is 398 g/mol. The molecule has 2 aliphatic rings. The van der Waals surface area contributed by atoms with Crippen molar-refractivity contribution in [2.75, 3.05) is 33.2 Å². The summed E-state index contributed by atoms with van der Waals surface area (Å²) >= 11 is 1.73. The Morgan fingerprint density at radius 2 is 2.25 bits per heavy atom. The van der Waals surface area contributed by atoms with Crippen LogP contribution in [-0.4, -0.2) is 53.9 Å². The summed E-state index contributed by atoms with van der Waals surface area (Å²) in [5, 5.41) is 5.23. The zero-order valence-electron chi connectivity index (χ0n) is 16.9. The van der Waals surface area contributed by atoms with E-state index in [0.29, 0.717) is 5.92 Å². The number of nitrogens with one attached hydrogen (secondary N) is 1. The van der Waals surface area contributed by atoms with Gasteiger partial charge in [-0.3, -0.25) is 14.7 Å². The summed E-state index contributed by atoms with van der Waals surface area (Å²) in [5.74, 6) is 0.697. The lowest BCUT2D eigenvalue weighted by Gasteiger charge is -2.27. The molecule has 0 saturated carbocycles. The Labute approximate surface area is 171 Å². The zero-order chi connectivity index (χ0) is 19.5. The van der Waals surface area contributed by atoms with E-state index in [9.17, 15) is 4.79 Å². The number of amides is 1. The van der Waals surface area contributed by atoms with Crippen molar-refractivity contribution in [2.45, 2.75) is 39.3 Å². The molecule has 0 bridgehead atoms. The fourth-order valence-corrected chi connectivity index (χ4v) is 5.34. The summed E-state index contributed by atoms with van der Waals surface area (Å²) in [7, 11) is 2.15. The number of aryl methyl sites for hydroxylation is 1. The fourth-order valence-electron chi connectivity index (χ4n) is 4.22. The first-order chi connectivity index (χ1) is 13.6. The molecular weight excluding hydrogens is 368 g/mol. The predicted molar refractivity (Wildman–Crippen MR) is 114 cm³/mol. The number of hydrogen-bond donors (Lipinski definition) is 1. The highest BCUT2D eigenvalue weighted by molar-refractivity contribution is 7.10. The van der Waals surface area contributed by atoms with E-state index in [4.69, 9.17) is 0 Å². The second-order valence-electron chi connectivity index (χ2n) is 8.15. The SMILES string of the molecule is CCc1ccc(CN2CCc3c(C(=O)NC[C@@H]4CCN(C)C4)csc3C2)nc1. The first kappa shape index (κ1) is 19.6. The van der Waals surface area contributed by atoms with Crippen molar-refractivity contribution in [2.24, 2.45) is 5.92 Å². The van der Waals surface area contributed by atoms with Gasteiger partial charge in [0.25, 0.3) is 5.91 Å². The smallest absolute Gasteiger partial charge is 0.252 e. The van der Waals surface area contributed by atoms with Crippen molar-refractivity contribution in [1.29, 1.82) is 0 Å². The maximum Gasteiger partial charge on any atom is 0.252 e. The van der Waals surface area contributed by atoms with Gasteiger partial charge in [-0.2, -0.15) is 0 Å². The van der Waals surface area contributed by atoms with E-state index >= 15 is 0 Å². The minimum Gasteiger partial charge on any atom is -0.352 e. The zero-order valence-corrected chi connectivity index (χ0v) is 17.7. The van der Waals surface area contributed by atoms with E-state index in [2.05, 4.69) is 51.6 Å². The van der Waals surface area contributed by atoms with Gasteiger partial charge in [0.05, 0.1) is 11.3 Å². The van der Waals surface area contributed by atoms with Gasteiger partial charge in [-0.15, -0.1) is 11.3 Å². The van der Waals surface area contributed by atoms with Crippen molar-refractivity contribution in [1.82, 2.24) is 20.1 Å². The van der Waals surface area contributed by atoms with Crippen LogP contribution in [0.5, 0.6) is 0 Å². The van der Waals surface area contributed by atoms with Gasteiger partial charge in [0.15, 0.2) is 0 Å². The van der Waals surface area contributed by atoms with Crippen LogP contribution < -0.4 is 5.32 Å². The molecular formula is C22H30N4OS. The molecule has 1 saturated heterocycles. The minimum atomic E-state index is 0.109. The lowest BCUT2D eigenvalue weighted by molar-refractivity contribution is 0.0946. The molecule has 2 aromatic heterocycles. The lowest BCUT2D eigenvalue weighted by atomic mass is 10.0. The summed E-state index contributed by atoms with van der Waals surface area (Å²) in [6.07, 6.45) is 5.14. The van der Waals surface area contributed by atoms with Gasteiger partial charge < -0.3 is 10.2 Å². The molecule has 4 rings (SSSR count). The Bertz CT molecular complexity index is 816. The minimum absolute atomic E-state index is 0.109. The number of aromatic nitrogens is 1. The molecule has 150 valence electrons. The Hall–Kier alpha value is -1.76. The van der Waals surface area contributed by atoms with Gasteiger partial charge in [-0.05, 0) is 56.0 Å². The summed E-state index contributed by atoms with van der Waals surface area (Å²) in [4.78, 5) is 23.4. The third-order valence-corrected chi connectivity index (χ3v) is 7.00. The van der Waals surface area contributed by atoms with Crippen LogP contribution in [0.25, 0.3) is 0 Å². The maximum absolute atomic E-state index is 12.7. The number of likely N-dealkylation sites (tertiary alicyclic amines) is 1. The molecule has 1 N–H and O–H groups in total. The first-order valence-corrected chi connectivity index (χ1v) is 11.2. The molecule has 4 heterocycles. The van der Waals surface area contributed by atoms with E-state index in [-0.39, 0.29) is 5.91 Å². The summed E-state index contributed by atoms with van der Waals surface area (Å²) in [6, 6.07) is 4.31. The van der Waals surface area contributed by atoms with Gasteiger partial charge in [0, 0.05) is 49.2 Å². The number of thiophene rings is 1. The summed E-state index contributed by atoms with van der Waals surface area (Å²) in [6.45, 7) is 7.94. The number of rotatable bonds is 6. The number of nitrogens with zero attached hydrogens (tertiary/aromatic N) is 3. The Morgan fingerprint density at radius 1 is 1.36 bits per heavy atom. The van der Waals surface area contributed by atoms with Crippen LogP contribution in [0.4, 0.5) is 0 Å². The molecule has 0 aromatic carbocycles. The molecule has 28 heavy (non-hydrogen) atoms. The quantitative estimate of drug-likeness (QED) is 0.813. The van der Waals surface area contributed by atoms with Crippen molar-refractivity contribution >= 4 is 17.2 Å². The first-order valence-electron chi connectivity index (χ1n) is 10.3. The number of carbonyl (C=O) groups is 1. The summed E-state index contributed by atoms with van der Waals surface area (Å²) < 4.78 is 0. The van der Waals surface area contributed by atoms with E-state index in [1.165, 1.54) is 22.4 Å². The van der Waals surface area contributed by atoms with E-state index < -0.39 is 0 Å². The van der Waals surface area contributed by atoms with Crippen LogP contribution in [0.3, 0.4) is 0 Å². The van der Waals surface area contributed by atoms with Gasteiger partial charge in [0.2, 0.25) is 0 Å². The van der Waals surface area contributed by atoms with Crippen LogP contribution in [-0.2, 0) is 25.9 Å². The van der Waals surface area contributed by atoms with Crippen molar-refractivity contribution in [3.05, 3.63) is 51.0 Å². The van der Waals surface area contributed by atoms with Gasteiger partial charge >= 0.3 is 0 Å². The van der Waals surface area contributed by atoms with E-state index in [1.807, 2.05) is 6.20 Å². The molecule has 0 aliphatic carbocycles. The molecule has 0 unspecified atom stereocenters. The van der Waals surface area contributed by atoms with Crippen LogP contribution >= 0.6 is 11.3 Å². The normalized spacial score (nSPS) is 20.3. The standard InChI is InChI=1S/C22H30N4OS/c1-3-16-4-5-18(23-10-16)13-26-9-7-19-20(15-28-21(19)14-26)22(27)24-11-17-6-8-25(2)12-17/h4-5,10,15,17H,3,6-9,11-14H2,1-2H3,(H,24,27)/t17-/m0/s1. The molecule has 1 amide bonds. The lowest BCUT2D eigenvalue weighted by Crippen LogP contribution is -2.33. The second-order valence-corrected chi connectivity index (χ2v) is 9.11. The highest BCUT2D eigenvalue weighted by Gasteiger charge is 2.25. The van der Waals surface area contributed by atoms with Gasteiger partial charge in [-0.1, -0.05) is 13.0 Å². The van der Waals surface area contributed by atoms with Crippen LogP contribution in [0.15, 0.2) is 23.7 Å². The average molecular weight is 399 g/mol. The third kappa shape index (κ3) is 4.45. The van der Waals surface area contributed by atoms with Gasteiger partial charge in [0.1, 0.15) is 0 Å². The Kier molecular flexibility index (Phi) is 6.09. The van der Waals surface area contributed by atoms with Gasteiger partial charge in [-0.25, -0.2) is 0 Å². The maximum atomic E-state index is 12.7. The highest BCUT2D eigenvalue weighted by atomic mass is 32.1. The van der Waals surface area contributed by atoms with Crippen LogP contribution in [0.2, 0.25) is 0 Å². The molecule has 5 nitrogen and oxygen atoms in total. The molecule has 2 aromatic rings. The number of carbonyl (C=O) groups excluding carboxylic acids is 1. The Morgan fingerprint density at radius 3 is 2.96 bits per heavy atom. The second kappa shape index (κ2) is 8.72. The molecule has 1 fully saturated rings. The summed E-state index contributed by atoms with van der Waals surface area (Å²) in [5.41, 5.74) is 4.56. The predicted octanol–water partition coefficient (Wildman–Crippen LogP) is 2.95. The van der Waals surface area contributed by atoms with Crippen LogP contribution in [0.1, 0.15) is 45.4 Å². The molecule has 2 aliphatic heterocycles. The fraction of sp³-hybridized carbons (Fsp3) is 0.545. The Balaban J connectivity index is 1.34. The number of pyridine rings is 1. The molecule has 1 atom stereocenters. The average Bonchev–Trinajstić information content (AvgIpc) is 3.32. The number of hydrogen-bond acceptors (Lipinski definition) is 5. The van der Waals surface area contributed by atoms with Crippen molar-refractivity contribution < 1.29 is 4.79 Å². The van der Waals surface area contributed by atoms with Crippen molar-refractivity contribution in [3.8, 4) is 0 Å². The number of fused-ring (bicyclic) bond motifs is 1. The third-order valence-electron chi connectivity index (χ3n) is 5.99. The highest BCUT2D eigenvalue weighted by Crippen LogP contribution is 2.29. The molecule has 0 radical (unpaired) electrons. The topological polar surface area (TPSA) is 48.5 Å².